The topological polar surface area (TPSA) is 407 Å². The van der Waals surface area contributed by atoms with Crippen molar-refractivity contribution in [3.8, 4) is 17.1 Å². The first-order valence-electron chi connectivity index (χ1n) is 21.3. The molecule has 0 spiro atoms. The van der Waals surface area contributed by atoms with Crippen LogP contribution in [0.4, 0.5) is 4.79 Å². The summed E-state index contributed by atoms with van der Waals surface area (Å²) in [6.07, 6.45) is -2.37. The molecule has 2 aliphatic rings. The molecule has 372 valence electrons. The number of pyridine rings is 2. The third-order valence-electron chi connectivity index (χ3n) is 11.0. The van der Waals surface area contributed by atoms with Crippen LogP contribution in [0.15, 0.2) is 34.1 Å². The molecule has 5 atom stereocenters. The van der Waals surface area contributed by atoms with Crippen molar-refractivity contribution in [2.45, 2.75) is 95.3 Å². The van der Waals surface area contributed by atoms with Crippen molar-refractivity contribution in [3.05, 3.63) is 56.9 Å². The molecule has 69 heavy (non-hydrogen) atoms. The number of carbonyl (C=O) groups excluding carboxylic acids is 5. The number of amides is 3. The van der Waals surface area contributed by atoms with Gasteiger partial charge in [0.15, 0.2) is 11.6 Å². The molecule has 0 bridgehead atoms. The van der Waals surface area contributed by atoms with E-state index in [1.165, 1.54) is 10.6 Å². The number of esters is 1. The fourth-order valence-electron chi connectivity index (χ4n) is 7.50. The van der Waals surface area contributed by atoms with Crippen LogP contribution < -0.4 is 43.4 Å². The summed E-state index contributed by atoms with van der Waals surface area (Å²) in [5, 5.41) is 46.8. The van der Waals surface area contributed by atoms with E-state index in [0.717, 1.165) is 32.7 Å². The number of fused-ring (bicyclic) bond motifs is 5. The van der Waals surface area contributed by atoms with Gasteiger partial charge in [-0.05, 0) is 55.5 Å². The molecule has 13 N–H and O–H groups in total. The number of guanidine groups is 1. The van der Waals surface area contributed by atoms with E-state index >= 15 is 0 Å². The number of nitrogens with zero attached hydrogens (tertiary/aromatic N) is 3. The van der Waals surface area contributed by atoms with E-state index in [9.17, 15) is 58.5 Å². The maximum absolute atomic E-state index is 13.6. The number of hydrogen-bond acceptors (Lipinski definition) is 18. The Morgan fingerprint density at radius 3 is 2.26 bits per heavy atom. The average molecular weight is 1000 g/mol. The molecule has 0 fully saturated rings. The van der Waals surface area contributed by atoms with Gasteiger partial charge in [-0.15, -0.1) is 0 Å². The Kier molecular flexibility index (Phi) is 17.9. The lowest BCUT2D eigenvalue weighted by Crippen LogP contribution is -2.57. The Hall–Kier alpha value is -6.97. The molecule has 2 aliphatic heterocycles. The monoisotopic (exact) mass is 1000 g/mol. The smallest absolute Gasteiger partial charge is 0.481 e. The van der Waals surface area contributed by atoms with Crippen molar-refractivity contribution >= 4 is 86.2 Å². The predicted molar refractivity (Wildman–Crippen MR) is 247 cm³/mol. The van der Waals surface area contributed by atoms with Crippen LogP contribution >= 0.6 is 21.6 Å². The lowest BCUT2D eigenvalue weighted by atomic mass is 9.86. The van der Waals surface area contributed by atoms with Gasteiger partial charge in [0.2, 0.25) is 17.7 Å². The Balaban J connectivity index is 1.14. The minimum Gasteiger partial charge on any atom is -0.481 e. The van der Waals surface area contributed by atoms with Gasteiger partial charge >= 0.3 is 30.0 Å². The average Bonchev–Trinajstić information content (AvgIpc) is 3.66. The van der Waals surface area contributed by atoms with Crippen molar-refractivity contribution in [1.29, 1.82) is 0 Å². The minimum absolute atomic E-state index is 0.000630. The van der Waals surface area contributed by atoms with E-state index in [4.69, 9.17) is 41.5 Å². The van der Waals surface area contributed by atoms with Gasteiger partial charge in [-0.3, -0.25) is 33.8 Å². The van der Waals surface area contributed by atoms with Gasteiger partial charge < -0.3 is 72.4 Å². The zero-order valence-electron chi connectivity index (χ0n) is 37.2. The third kappa shape index (κ3) is 13.0. The second-order valence-electron chi connectivity index (χ2n) is 15.6. The number of carboxylic acids is 3. The first-order valence-corrected chi connectivity index (χ1v) is 23.8. The summed E-state index contributed by atoms with van der Waals surface area (Å²) in [6, 6.07) is -0.0462. The summed E-state index contributed by atoms with van der Waals surface area (Å²) in [5.74, 6) is -8.77. The van der Waals surface area contributed by atoms with Crippen LogP contribution in [-0.2, 0) is 68.2 Å². The van der Waals surface area contributed by atoms with Crippen LogP contribution in [-0.4, -0.2) is 133 Å². The highest BCUT2D eigenvalue weighted by Crippen LogP contribution is 2.41. The quantitative estimate of drug-likeness (QED) is 0.0105. The van der Waals surface area contributed by atoms with E-state index in [0.29, 0.717) is 28.7 Å². The van der Waals surface area contributed by atoms with Crippen molar-refractivity contribution in [2.24, 2.45) is 22.2 Å². The number of carboxylic acid groups (broad SMARTS) is 3. The van der Waals surface area contributed by atoms with Gasteiger partial charge in [-0.2, -0.15) is 0 Å². The van der Waals surface area contributed by atoms with Crippen LogP contribution in [0.25, 0.3) is 22.3 Å². The van der Waals surface area contributed by atoms with Gasteiger partial charge in [0.25, 0.3) is 5.56 Å². The number of aryl methyl sites for hydroxylation is 1. The van der Waals surface area contributed by atoms with Crippen LogP contribution in [0.1, 0.15) is 68.2 Å². The molecular formula is C42H51N9O16S2. The molecule has 25 nitrogen and oxygen atoms in total. The van der Waals surface area contributed by atoms with E-state index in [-0.39, 0.29) is 79.9 Å². The molecule has 0 saturated carbocycles. The number of benzene rings is 1. The highest BCUT2D eigenvalue weighted by atomic mass is 33.1. The largest absolute Gasteiger partial charge is 0.513 e. The molecule has 27 heteroatoms. The number of aromatic nitrogens is 2. The molecular weight excluding hydrogens is 951 g/mol. The van der Waals surface area contributed by atoms with Crippen molar-refractivity contribution in [2.75, 3.05) is 24.7 Å². The predicted octanol–water partition coefficient (Wildman–Crippen LogP) is -0.592. The summed E-state index contributed by atoms with van der Waals surface area (Å²) in [5.41, 5.74) is 17.3. The highest BCUT2D eigenvalue weighted by Gasteiger charge is 2.45. The first-order chi connectivity index (χ1) is 32.7. The molecule has 0 unspecified atom stereocenters. The fourth-order valence-corrected chi connectivity index (χ4v) is 9.49. The Morgan fingerprint density at radius 1 is 0.928 bits per heavy atom. The number of carbonyl (C=O) groups is 8. The van der Waals surface area contributed by atoms with Crippen LogP contribution in [0.3, 0.4) is 0 Å². The van der Waals surface area contributed by atoms with Gasteiger partial charge in [-0.25, -0.2) is 19.4 Å². The van der Waals surface area contributed by atoms with Gasteiger partial charge in [-0.1, -0.05) is 35.4 Å². The normalized spacial score (nSPS) is 16.3. The summed E-state index contributed by atoms with van der Waals surface area (Å²) in [6.45, 7) is 3.28. The van der Waals surface area contributed by atoms with Gasteiger partial charge in [0.05, 0.1) is 47.9 Å². The first kappa shape index (κ1) is 53.0. The number of nitrogens with two attached hydrogens (primary N) is 3. The van der Waals surface area contributed by atoms with E-state index in [1.807, 2.05) is 6.92 Å². The Labute approximate surface area is 399 Å². The van der Waals surface area contributed by atoms with Crippen LogP contribution in [0, 0.1) is 0 Å². The number of aliphatic hydroxyl groups is 1. The van der Waals surface area contributed by atoms with Gasteiger partial charge in [0, 0.05) is 34.6 Å². The lowest BCUT2D eigenvalue weighted by molar-refractivity contribution is -0.172. The fraction of sp³-hybridized carbons (Fsp3) is 0.452. The molecule has 2 aromatic heterocycles. The van der Waals surface area contributed by atoms with Crippen molar-refractivity contribution < 1.29 is 73.0 Å². The molecule has 3 aromatic rings. The number of aliphatic imine (C=N–C) groups is 1. The second-order valence-corrected chi connectivity index (χ2v) is 18.3. The maximum atomic E-state index is 13.6. The maximum Gasteiger partial charge on any atom is 0.513 e. The molecule has 5 rings (SSSR count). The van der Waals surface area contributed by atoms with Crippen molar-refractivity contribution in [1.82, 2.24) is 25.5 Å². The summed E-state index contributed by atoms with van der Waals surface area (Å²) < 4.78 is 17.3. The van der Waals surface area contributed by atoms with Crippen LogP contribution in [0.5, 0.6) is 5.75 Å². The number of nitrogens with one attached hydrogen (secondary N) is 3. The van der Waals surface area contributed by atoms with E-state index in [1.54, 1.807) is 25.1 Å². The number of aliphatic carboxylic acids is 3. The molecule has 0 aliphatic carbocycles. The van der Waals surface area contributed by atoms with E-state index in [2.05, 4.69) is 20.9 Å². The van der Waals surface area contributed by atoms with Crippen molar-refractivity contribution in [3.63, 3.8) is 0 Å². The lowest BCUT2D eigenvalue weighted by Gasteiger charge is -2.31. The number of cyclic esters (lactones) is 1. The zero-order valence-corrected chi connectivity index (χ0v) is 38.8. The summed E-state index contributed by atoms with van der Waals surface area (Å²) in [7, 11) is 2.05. The Morgan fingerprint density at radius 2 is 1.61 bits per heavy atom. The number of ether oxygens (including phenoxy) is 3. The standard InChI is InChI=1S/C42H51N9O16S2/c1-3-20-21-12-19(7-8-26(21)47-33-22(20)16-51-30(33)13-24-23(37(51)59)17-66-39(62)42(24,64)4-2)67-41(63)65-10-11-68-69-18-29(38(60)61)50-36(58)28(15-32(54)55)49-35(57)27(6-5-9-46-40(44)45)48-34(56)25(43)14-31(52)53/h7-8,12-13,25,27-29,64H,3-6,9-11,14-18,43H2,1-2H3,(H,48,56)(H,49,57)(H,50,58)(H,52,53)(H,54,55)(H,60,61)(H4,44,45,46)/t25-,27-,28-,29-,42-/m0/s1. The third-order valence-corrected chi connectivity index (χ3v) is 13.4. The molecule has 4 heterocycles. The number of rotatable bonds is 24. The minimum atomic E-state index is -1.97. The highest BCUT2D eigenvalue weighted by molar-refractivity contribution is 8.76. The molecule has 0 saturated heterocycles. The summed E-state index contributed by atoms with van der Waals surface area (Å²) >= 11 is 0. The van der Waals surface area contributed by atoms with Gasteiger partial charge in [0.1, 0.15) is 37.1 Å². The summed E-state index contributed by atoms with van der Waals surface area (Å²) in [4.78, 5) is 121. The van der Waals surface area contributed by atoms with Crippen LogP contribution in [0.2, 0.25) is 0 Å². The Bertz CT molecular complexity index is 2620. The zero-order chi connectivity index (χ0) is 50.7. The SMILES string of the molecule is CCc1c2c(nc3ccc(OC(=O)OCCSSC[C@H](NC(=O)[C@H](CC(=O)O)NC(=O)[C@H](CCCN=C(N)N)NC(=O)[C@@H](N)CC(=O)O)C(=O)O)cc13)-c1cc3c(c(=O)n1C2)COC(=O)[C@]3(O)CC. The molecule has 3 amide bonds. The molecule has 1 aromatic carbocycles. The second kappa shape index (κ2) is 23.4. The molecule has 0 radical (unpaired) electrons. The van der Waals surface area contributed by atoms with E-state index < -0.39 is 95.9 Å². The number of hydrogen-bond donors (Lipinski definition) is 10.